The number of hydrogen-bond donors (Lipinski definition) is 2. The highest BCUT2D eigenvalue weighted by atomic mass is 79.9. The highest BCUT2D eigenvalue weighted by molar-refractivity contribution is 9.10. The van der Waals surface area contributed by atoms with E-state index in [0.717, 1.165) is 5.56 Å². The summed E-state index contributed by atoms with van der Waals surface area (Å²) in [6, 6.07) is 8.85. The number of nitrogen functional groups attached to an aromatic ring is 1. The van der Waals surface area contributed by atoms with Crippen LogP contribution < -0.4 is 10.5 Å². The lowest BCUT2D eigenvalue weighted by Crippen LogP contribution is -2.01. The fourth-order valence-electron chi connectivity index (χ4n) is 1.57. The minimum Gasteiger partial charge on any atom is -0.487 e. The Labute approximate surface area is 123 Å². The molecule has 0 radical (unpaired) electrons. The van der Waals surface area contributed by atoms with Crippen molar-refractivity contribution in [2.24, 2.45) is 0 Å². The summed E-state index contributed by atoms with van der Waals surface area (Å²) in [5.74, 6) is -1.21. The molecule has 0 aliphatic rings. The summed E-state index contributed by atoms with van der Waals surface area (Å²) in [5.41, 5.74) is 7.00. The summed E-state index contributed by atoms with van der Waals surface area (Å²) in [4.78, 5) is 10.7. The SMILES string of the molecule is Nc1cc(Br)c(F)cc1OCc1ccc(C(=O)O)cc1. The van der Waals surface area contributed by atoms with Gasteiger partial charge in [0.1, 0.15) is 18.2 Å². The Bertz CT molecular complexity index is 644. The number of carboxylic acids is 1. The minimum absolute atomic E-state index is 0.172. The van der Waals surface area contributed by atoms with Gasteiger partial charge >= 0.3 is 5.97 Å². The van der Waals surface area contributed by atoms with Crippen molar-refractivity contribution in [3.63, 3.8) is 0 Å². The molecule has 3 N–H and O–H groups in total. The van der Waals surface area contributed by atoms with Gasteiger partial charge in [0.15, 0.2) is 0 Å². The molecule has 0 fully saturated rings. The average molecular weight is 340 g/mol. The van der Waals surface area contributed by atoms with Crippen LogP contribution >= 0.6 is 15.9 Å². The third-order valence-electron chi connectivity index (χ3n) is 2.65. The zero-order chi connectivity index (χ0) is 14.7. The van der Waals surface area contributed by atoms with Gasteiger partial charge in [0.25, 0.3) is 0 Å². The number of ether oxygens (including phenoxy) is 1. The number of nitrogens with two attached hydrogens (primary N) is 1. The van der Waals surface area contributed by atoms with Gasteiger partial charge in [-0.05, 0) is 39.7 Å². The Hall–Kier alpha value is -2.08. The number of aromatic carboxylic acids is 1. The average Bonchev–Trinajstić information content (AvgIpc) is 2.42. The zero-order valence-electron chi connectivity index (χ0n) is 10.3. The molecule has 4 nitrogen and oxygen atoms in total. The molecule has 0 spiro atoms. The molecule has 2 rings (SSSR count). The van der Waals surface area contributed by atoms with Gasteiger partial charge in [0.2, 0.25) is 0 Å². The monoisotopic (exact) mass is 339 g/mol. The maximum absolute atomic E-state index is 13.4. The molecule has 0 aromatic heterocycles. The molecule has 0 amide bonds. The molecule has 6 heteroatoms. The van der Waals surface area contributed by atoms with Crippen LogP contribution in [-0.2, 0) is 6.61 Å². The quantitative estimate of drug-likeness (QED) is 0.837. The van der Waals surface area contributed by atoms with E-state index in [4.69, 9.17) is 15.6 Å². The largest absolute Gasteiger partial charge is 0.487 e. The maximum Gasteiger partial charge on any atom is 0.335 e. The molecule has 0 bridgehead atoms. The van der Waals surface area contributed by atoms with E-state index in [-0.39, 0.29) is 22.4 Å². The first-order valence-electron chi connectivity index (χ1n) is 5.67. The second-order valence-electron chi connectivity index (χ2n) is 4.09. The summed E-state index contributed by atoms with van der Waals surface area (Å²) in [7, 11) is 0. The Morgan fingerprint density at radius 3 is 2.55 bits per heavy atom. The van der Waals surface area contributed by atoms with Crippen LogP contribution in [0.5, 0.6) is 5.75 Å². The lowest BCUT2D eigenvalue weighted by Gasteiger charge is -2.10. The second-order valence-corrected chi connectivity index (χ2v) is 4.95. The molecule has 2 aromatic rings. The van der Waals surface area contributed by atoms with Gasteiger partial charge < -0.3 is 15.6 Å². The molecule has 2 aromatic carbocycles. The molecule has 20 heavy (non-hydrogen) atoms. The highest BCUT2D eigenvalue weighted by Crippen LogP contribution is 2.28. The van der Waals surface area contributed by atoms with Crippen LogP contribution in [0.2, 0.25) is 0 Å². The minimum atomic E-state index is -0.989. The first-order valence-corrected chi connectivity index (χ1v) is 6.46. The van der Waals surface area contributed by atoms with Crippen molar-refractivity contribution in [2.75, 3.05) is 5.73 Å². The first-order chi connectivity index (χ1) is 9.47. The number of halogens is 2. The summed E-state index contributed by atoms with van der Waals surface area (Å²) in [6.45, 7) is 0.172. The van der Waals surface area contributed by atoms with Crippen molar-refractivity contribution < 1.29 is 19.0 Å². The summed E-state index contributed by atoms with van der Waals surface area (Å²) >= 11 is 3.03. The molecule has 0 saturated heterocycles. The van der Waals surface area contributed by atoms with Crippen LogP contribution in [0.3, 0.4) is 0 Å². The maximum atomic E-state index is 13.4. The van der Waals surface area contributed by atoms with Crippen molar-refractivity contribution in [3.05, 3.63) is 57.8 Å². The van der Waals surface area contributed by atoms with E-state index >= 15 is 0 Å². The van der Waals surface area contributed by atoms with E-state index < -0.39 is 11.8 Å². The molecular formula is C14H11BrFNO3. The van der Waals surface area contributed by atoms with Gasteiger partial charge in [0, 0.05) is 6.07 Å². The Morgan fingerprint density at radius 1 is 1.30 bits per heavy atom. The molecular weight excluding hydrogens is 329 g/mol. The number of hydrogen-bond acceptors (Lipinski definition) is 3. The first kappa shape index (κ1) is 14.3. The predicted molar refractivity (Wildman–Crippen MR) is 76.2 cm³/mol. The molecule has 0 aliphatic heterocycles. The van der Waals surface area contributed by atoms with Crippen molar-refractivity contribution in [1.29, 1.82) is 0 Å². The Kier molecular flexibility index (Phi) is 4.24. The van der Waals surface area contributed by atoms with E-state index in [9.17, 15) is 9.18 Å². The van der Waals surface area contributed by atoms with E-state index in [0.29, 0.717) is 5.69 Å². The number of benzene rings is 2. The molecule has 0 unspecified atom stereocenters. The normalized spacial score (nSPS) is 10.3. The highest BCUT2D eigenvalue weighted by Gasteiger charge is 2.08. The van der Waals surface area contributed by atoms with Crippen LogP contribution in [0.1, 0.15) is 15.9 Å². The Morgan fingerprint density at radius 2 is 1.95 bits per heavy atom. The van der Waals surface area contributed by atoms with Crippen molar-refractivity contribution in [1.82, 2.24) is 0 Å². The smallest absolute Gasteiger partial charge is 0.335 e. The van der Waals surface area contributed by atoms with Gasteiger partial charge in [-0.25, -0.2) is 9.18 Å². The van der Waals surface area contributed by atoms with E-state index in [2.05, 4.69) is 15.9 Å². The summed E-state index contributed by atoms with van der Waals surface area (Å²) in [5, 5.41) is 8.78. The zero-order valence-corrected chi connectivity index (χ0v) is 11.9. The molecule has 0 heterocycles. The standard InChI is InChI=1S/C14H11BrFNO3/c15-10-5-12(17)13(6-11(10)16)20-7-8-1-3-9(4-2-8)14(18)19/h1-6H,7,17H2,(H,18,19). The van der Waals surface area contributed by atoms with E-state index in [1.54, 1.807) is 12.1 Å². The van der Waals surface area contributed by atoms with E-state index in [1.807, 2.05) is 0 Å². The van der Waals surface area contributed by atoms with Crippen LogP contribution in [0.4, 0.5) is 10.1 Å². The number of anilines is 1. The van der Waals surface area contributed by atoms with Crippen molar-refractivity contribution >= 4 is 27.6 Å². The van der Waals surface area contributed by atoms with Gasteiger partial charge in [-0.2, -0.15) is 0 Å². The van der Waals surface area contributed by atoms with Crippen molar-refractivity contribution in [3.8, 4) is 5.75 Å². The molecule has 104 valence electrons. The second kappa shape index (κ2) is 5.92. The van der Waals surface area contributed by atoms with Crippen LogP contribution in [-0.4, -0.2) is 11.1 Å². The van der Waals surface area contributed by atoms with Gasteiger partial charge in [-0.1, -0.05) is 12.1 Å². The fraction of sp³-hybridized carbons (Fsp3) is 0.0714. The lowest BCUT2D eigenvalue weighted by molar-refractivity contribution is 0.0697. The lowest BCUT2D eigenvalue weighted by atomic mass is 10.1. The van der Waals surface area contributed by atoms with Crippen molar-refractivity contribution in [2.45, 2.75) is 6.61 Å². The predicted octanol–water partition coefficient (Wildman–Crippen LogP) is 3.45. The number of rotatable bonds is 4. The summed E-state index contributed by atoms with van der Waals surface area (Å²) in [6.07, 6.45) is 0. The van der Waals surface area contributed by atoms with Crippen LogP contribution in [0.15, 0.2) is 40.9 Å². The van der Waals surface area contributed by atoms with Crippen LogP contribution in [0.25, 0.3) is 0 Å². The third-order valence-corrected chi connectivity index (χ3v) is 3.26. The van der Waals surface area contributed by atoms with Crippen LogP contribution in [0, 0.1) is 5.82 Å². The topological polar surface area (TPSA) is 72.5 Å². The van der Waals surface area contributed by atoms with Gasteiger partial charge in [-0.3, -0.25) is 0 Å². The van der Waals surface area contributed by atoms with Gasteiger partial charge in [0.05, 0.1) is 15.7 Å². The summed E-state index contributed by atoms with van der Waals surface area (Å²) < 4.78 is 19.1. The number of carbonyl (C=O) groups is 1. The van der Waals surface area contributed by atoms with Gasteiger partial charge in [-0.15, -0.1) is 0 Å². The number of carboxylic acid groups (broad SMARTS) is 1. The third kappa shape index (κ3) is 3.27. The molecule has 0 aliphatic carbocycles. The molecule has 0 saturated carbocycles. The Balaban J connectivity index is 2.09. The fourth-order valence-corrected chi connectivity index (χ4v) is 1.93. The van der Waals surface area contributed by atoms with E-state index in [1.165, 1.54) is 24.3 Å². The molecule has 0 atom stereocenters.